The minimum absolute atomic E-state index is 0.0667. The summed E-state index contributed by atoms with van der Waals surface area (Å²) in [4.78, 5) is 40.4. The maximum atomic E-state index is 14.4. The van der Waals surface area contributed by atoms with Crippen molar-refractivity contribution in [2.24, 2.45) is 23.5 Å². The van der Waals surface area contributed by atoms with Crippen LogP contribution in [0.2, 0.25) is 0 Å². The number of hydrogen-bond donors (Lipinski definition) is 1. The first kappa shape index (κ1) is 35.9. The van der Waals surface area contributed by atoms with Crippen molar-refractivity contribution in [3.63, 3.8) is 0 Å². The molecular weight excluding hydrogens is 634 g/mol. The summed E-state index contributed by atoms with van der Waals surface area (Å²) in [6.07, 6.45) is 13.0. The number of likely N-dealkylation sites (tertiary alicyclic amines) is 1. The molecule has 4 fully saturated rings. The van der Waals surface area contributed by atoms with Crippen LogP contribution >= 0.6 is 0 Å². The van der Waals surface area contributed by atoms with Crippen molar-refractivity contribution in [1.29, 1.82) is 0 Å². The number of carbonyl (C=O) groups is 2. The van der Waals surface area contributed by atoms with Gasteiger partial charge in [-0.1, -0.05) is 0 Å². The number of hydrogen-bond acceptors (Lipinski definition) is 9. The first-order valence-electron chi connectivity index (χ1n) is 18.6. The molecule has 0 radical (unpaired) electrons. The average Bonchev–Trinajstić information content (AvgIpc) is 3.89. The van der Waals surface area contributed by atoms with Crippen LogP contribution in [0.4, 0.5) is 10.6 Å². The van der Waals surface area contributed by atoms with E-state index in [1.807, 2.05) is 30.0 Å². The van der Waals surface area contributed by atoms with Crippen molar-refractivity contribution in [2.45, 2.75) is 109 Å². The molecule has 0 bridgehead atoms. The Morgan fingerprint density at radius 2 is 1.76 bits per heavy atom. The molecule has 0 aromatic carbocycles. The van der Waals surface area contributed by atoms with E-state index in [0.717, 1.165) is 54.8 Å². The van der Waals surface area contributed by atoms with E-state index in [2.05, 4.69) is 13.0 Å². The molecule has 11 nitrogen and oxygen atoms in total. The van der Waals surface area contributed by atoms with Gasteiger partial charge in [0.2, 0.25) is 5.91 Å². The van der Waals surface area contributed by atoms with E-state index in [1.54, 1.807) is 31.6 Å². The fourth-order valence-corrected chi connectivity index (χ4v) is 7.83. The maximum absolute atomic E-state index is 14.4. The van der Waals surface area contributed by atoms with Gasteiger partial charge >= 0.3 is 6.09 Å². The molecule has 2 N–H and O–H groups in total. The van der Waals surface area contributed by atoms with Crippen molar-refractivity contribution in [2.75, 3.05) is 38.8 Å². The number of anilines is 1. The predicted molar refractivity (Wildman–Crippen MR) is 191 cm³/mol. The Morgan fingerprint density at radius 1 is 1.00 bits per heavy atom. The highest BCUT2D eigenvalue weighted by Crippen LogP contribution is 2.38. The van der Waals surface area contributed by atoms with Gasteiger partial charge in [-0.3, -0.25) is 14.7 Å². The van der Waals surface area contributed by atoms with Gasteiger partial charge in [0, 0.05) is 49.5 Å². The molecule has 3 heterocycles. The lowest BCUT2D eigenvalue weighted by Gasteiger charge is -2.35. The Labute approximate surface area is 296 Å². The summed E-state index contributed by atoms with van der Waals surface area (Å²) in [7, 11) is 3.35. The second-order valence-corrected chi connectivity index (χ2v) is 14.8. The van der Waals surface area contributed by atoms with Crippen LogP contribution < -0.4 is 15.4 Å². The molecule has 1 saturated heterocycles. The van der Waals surface area contributed by atoms with Gasteiger partial charge in [-0.2, -0.15) is 0 Å². The highest BCUT2D eigenvalue weighted by Gasteiger charge is 2.36. The molecule has 50 heavy (non-hydrogen) atoms. The zero-order valence-electron chi connectivity index (χ0n) is 30.2. The van der Waals surface area contributed by atoms with Gasteiger partial charge < -0.3 is 29.6 Å². The van der Waals surface area contributed by atoms with Crippen LogP contribution in [0, 0.1) is 24.7 Å². The first-order chi connectivity index (χ1) is 24.2. The first-order valence-corrected chi connectivity index (χ1v) is 18.6. The average molecular weight is 690 g/mol. The lowest BCUT2D eigenvalue weighted by Crippen LogP contribution is -2.43. The SMILES string of the molecule is COc1ccc(C2CCC(CN(C(=O)C3CCC(OC(=O)N4CCC(OC)C4)CC3)c3cc(/C(N)=C/OC(C)C4CC4)ccn3)CC2)nc1C. The van der Waals surface area contributed by atoms with Gasteiger partial charge in [-0.25, -0.2) is 9.78 Å². The Bertz CT molecular complexity index is 1500. The smallest absolute Gasteiger partial charge is 0.410 e. The van der Waals surface area contributed by atoms with Crippen molar-refractivity contribution in [3.8, 4) is 5.75 Å². The van der Waals surface area contributed by atoms with E-state index in [-0.39, 0.29) is 36.2 Å². The van der Waals surface area contributed by atoms with Crippen LogP contribution in [0.15, 0.2) is 36.7 Å². The summed E-state index contributed by atoms with van der Waals surface area (Å²) >= 11 is 0. The fourth-order valence-electron chi connectivity index (χ4n) is 7.83. The number of nitrogens with zero attached hydrogens (tertiary/aromatic N) is 4. The predicted octanol–water partition coefficient (Wildman–Crippen LogP) is 6.59. The van der Waals surface area contributed by atoms with E-state index in [4.69, 9.17) is 34.6 Å². The molecule has 1 aliphatic heterocycles. The molecular formula is C39H55N5O6. The molecule has 11 heteroatoms. The number of aromatic nitrogens is 2. The van der Waals surface area contributed by atoms with Crippen molar-refractivity contribution < 1.29 is 28.5 Å². The lowest BCUT2D eigenvalue weighted by atomic mass is 9.79. The Balaban J connectivity index is 1.12. The minimum atomic E-state index is -0.279. The van der Waals surface area contributed by atoms with Crippen LogP contribution in [0.3, 0.4) is 0 Å². The standard InChI is InChI=1S/C39H55N5O6/c1-25-36(48-4)16-15-35(42-25)29-7-5-27(6-8-29)22-44(37-21-31(17-19-41-37)34(40)24-49-26(2)28-9-10-28)38(45)30-11-13-32(14-12-30)50-39(46)43-20-18-33(23-43)47-3/h15-17,19,21,24,26-30,32-33H,5-14,18,20,22-23,40H2,1-4H3/b34-24-. The van der Waals surface area contributed by atoms with Crippen molar-refractivity contribution in [1.82, 2.24) is 14.9 Å². The fraction of sp³-hybridized carbons (Fsp3) is 0.641. The highest BCUT2D eigenvalue weighted by atomic mass is 16.6. The maximum Gasteiger partial charge on any atom is 0.410 e. The van der Waals surface area contributed by atoms with E-state index in [1.165, 1.54) is 12.8 Å². The Hall–Kier alpha value is -3.86. The number of aryl methyl sites for hydroxylation is 1. The molecule has 2 amide bonds. The van der Waals surface area contributed by atoms with Gasteiger partial charge in [-0.05, 0) is 121 Å². The van der Waals surface area contributed by atoms with Gasteiger partial charge in [-0.15, -0.1) is 0 Å². The van der Waals surface area contributed by atoms with Crippen LogP contribution in [0.25, 0.3) is 5.70 Å². The molecule has 2 aromatic rings. The molecule has 3 saturated carbocycles. The minimum Gasteiger partial charge on any atom is -0.496 e. The quantitative estimate of drug-likeness (QED) is 0.246. The molecule has 6 rings (SSSR count). The summed E-state index contributed by atoms with van der Waals surface area (Å²) < 4.78 is 22.7. The summed E-state index contributed by atoms with van der Waals surface area (Å²) in [6.45, 7) is 5.88. The number of amides is 2. The van der Waals surface area contributed by atoms with Crippen LogP contribution in [-0.4, -0.2) is 79.0 Å². The second kappa shape index (κ2) is 16.4. The third-order valence-corrected chi connectivity index (χ3v) is 11.3. The number of pyridine rings is 2. The number of ether oxygens (including phenoxy) is 4. The number of nitrogens with two attached hydrogens (primary N) is 1. The number of rotatable bonds is 12. The van der Waals surface area contributed by atoms with E-state index >= 15 is 0 Å². The normalized spacial score (nSPS) is 26.3. The molecule has 3 aliphatic carbocycles. The molecule has 0 spiro atoms. The highest BCUT2D eigenvalue weighted by molar-refractivity contribution is 5.94. The number of methoxy groups -OCH3 is 2. The third-order valence-electron chi connectivity index (χ3n) is 11.3. The summed E-state index contributed by atoms with van der Waals surface area (Å²) in [5, 5.41) is 0. The largest absolute Gasteiger partial charge is 0.496 e. The Morgan fingerprint density at radius 3 is 2.42 bits per heavy atom. The third kappa shape index (κ3) is 8.89. The summed E-state index contributed by atoms with van der Waals surface area (Å²) in [5.74, 6) is 2.67. The van der Waals surface area contributed by atoms with Crippen molar-refractivity contribution in [3.05, 3.63) is 53.7 Å². The van der Waals surface area contributed by atoms with Crippen LogP contribution in [0.1, 0.15) is 100 Å². The van der Waals surface area contributed by atoms with Gasteiger partial charge in [0.15, 0.2) is 0 Å². The zero-order chi connectivity index (χ0) is 35.2. The zero-order valence-corrected chi connectivity index (χ0v) is 30.2. The lowest BCUT2D eigenvalue weighted by molar-refractivity contribution is -0.124. The topological polar surface area (TPSA) is 129 Å². The monoisotopic (exact) mass is 689 g/mol. The molecule has 272 valence electrons. The van der Waals surface area contributed by atoms with Crippen LogP contribution in [-0.2, 0) is 19.0 Å². The van der Waals surface area contributed by atoms with Gasteiger partial charge in [0.05, 0.1) is 37.3 Å². The van der Waals surface area contributed by atoms with Crippen LogP contribution in [0.5, 0.6) is 5.75 Å². The van der Waals surface area contributed by atoms with E-state index in [9.17, 15) is 9.59 Å². The molecule has 2 aromatic heterocycles. The molecule has 2 unspecified atom stereocenters. The summed E-state index contributed by atoms with van der Waals surface area (Å²) in [5.41, 5.74) is 9.83. The van der Waals surface area contributed by atoms with Crippen molar-refractivity contribution >= 4 is 23.5 Å². The number of carbonyl (C=O) groups excluding carboxylic acids is 2. The molecule has 2 atom stereocenters. The molecule has 4 aliphatic rings. The second-order valence-electron chi connectivity index (χ2n) is 14.8. The van der Waals surface area contributed by atoms with Gasteiger partial charge in [0.25, 0.3) is 0 Å². The van der Waals surface area contributed by atoms with Gasteiger partial charge in [0.1, 0.15) is 23.9 Å². The Kier molecular flexibility index (Phi) is 11.8. The van der Waals surface area contributed by atoms with E-state index in [0.29, 0.717) is 74.6 Å². The van der Waals surface area contributed by atoms with E-state index < -0.39 is 0 Å². The summed E-state index contributed by atoms with van der Waals surface area (Å²) in [6, 6.07) is 7.89.